The minimum absolute atomic E-state index is 0.468. The first-order valence-electron chi connectivity index (χ1n) is 3.11. The van der Waals surface area contributed by atoms with Crippen LogP contribution in [0.3, 0.4) is 0 Å². The van der Waals surface area contributed by atoms with Crippen LogP contribution in [0.5, 0.6) is 0 Å². The molecule has 3 nitrogen and oxygen atoms in total. The summed E-state index contributed by atoms with van der Waals surface area (Å²) in [6.07, 6.45) is 0. The van der Waals surface area contributed by atoms with Gasteiger partial charge in [0.2, 0.25) is 0 Å². The van der Waals surface area contributed by atoms with Crippen molar-refractivity contribution < 1.29 is 0 Å². The van der Waals surface area contributed by atoms with Gasteiger partial charge in [0.25, 0.3) is 0 Å². The Labute approximate surface area is 73.5 Å². The maximum Gasteiger partial charge on any atom is 0.161 e. The Hall–Kier alpha value is -0.950. The zero-order valence-corrected chi connectivity index (χ0v) is 7.70. The molecular formula is C7H8BrN3. The molecule has 0 fully saturated rings. The number of H-pyrrole nitrogens is 1. The lowest BCUT2D eigenvalue weighted by Crippen LogP contribution is -1.87. The Kier molecular flexibility index (Phi) is 2.55. The van der Waals surface area contributed by atoms with Crippen LogP contribution < -0.4 is 5.73 Å². The fraction of sp³-hybridized carbons (Fsp3) is 0.286. The number of hydrogen-bond acceptors (Lipinski definition) is 2. The number of nitrogen functional groups attached to an aromatic ring is 1. The molecule has 0 aliphatic heterocycles. The molecular weight excluding hydrogens is 206 g/mol. The van der Waals surface area contributed by atoms with Gasteiger partial charge in [-0.15, -0.1) is 0 Å². The molecule has 0 bridgehead atoms. The maximum atomic E-state index is 5.52. The molecule has 11 heavy (non-hydrogen) atoms. The summed E-state index contributed by atoms with van der Waals surface area (Å²) >= 11 is 3.20. The van der Waals surface area contributed by atoms with Crippen molar-refractivity contribution in [2.75, 3.05) is 11.1 Å². The third-order valence-electron chi connectivity index (χ3n) is 1.26. The van der Waals surface area contributed by atoms with Gasteiger partial charge in [-0.3, -0.25) is 5.10 Å². The van der Waals surface area contributed by atoms with E-state index >= 15 is 0 Å². The number of nitrogens with zero attached hydrogens (tertiary/aromatic N) is 1. The first-order valence-corrected chi connectivity index (χ1v) is 4.23. The summed E-state index contributed by atoms with van der Waals surface area (Å²) < 4.78 is 0. The molecule has 0 saturated carbocycles. The van der Waals surface area contributed by atoms with Gasteiger partial charge in [-0.1, -0.05) is 27.8 Å². The van der Waals surface area contributed by atoms with Gasteiger partial charge < -0.3 is 5.73 Å². The van der Waals surface area contributed by atoms with Crippen LogP contribution in [0, 0.1) is 18.8 Å². The van der Waals surface area contributed by atoms with Gasteiger partial charge in [-0.05, 0) is 6.92 Å². The number of nitrogens with one attached hydrogen (secondary N) is 1. The molecule has 3 N–H and O–H groups in total. The number of aryl methyl sites for hydroxylation is 1. The van der Waals surface area contributed by atoms with E-state index in [9.17, 15) is 0 Å². The number of rotatable bonds is 0. The Morgan fingerprint density at radius 3 is 2.91 bits per heavy atom. The Bertz CT molecular complexity index is 286. The molecule has 0 unspecified atom stereocenters. The van der Waals surface area contributed by atoms with Crippen LogP contribution in [0.1, 0.15) is 11.3 Å². The molecule has 0 saturated heterocycles. The average Bonchev–Trinajstić information content (AvgIpc) is 2.29. The topological polar surface area (TPSA) is 54.7 Å². The van der Waals surface area contributed by atoms with Gasteiger partial charge in [0.1, 0.15) is 0 Å². The highest BCUT2D eigenvalue weighted by atomic mass is 79.9. The third-order valence-corrected chi connectivity index (χ3v) is 1.54. The molecule has 1 heterocycles. The zero-order chi connectivity index (χ0) is 8.27. The molecule has 1 rings (SSSR count). The van der Waals surface area contributed by atoms with Crippen molar-refractivity contribution in [3.05, 3.63) is 11.3 Å². The SMILES string of the molecule is Cc1[nH]nc(N)c1C#CCBr. The van der Waals surface area contributed by atoms with Gasteiger partial charge in [-0.25, -0.2) is 0 Å². The summed E-state index contributed by atoms with van der Waals surface area (Å²) in [5.74, 6) is 6.22. The molecule has 0 aliphatic carbocycles. The van der Waals surface area contributed by atoms with E-state index in [1.54, 1.807) is 0 Å². The van der Waals surface area contributed by atoms with E-state index in [2.05, 4.69) is 38.0 Å². The second kappa shape index (κ2) is 3.44. The summed E-state index contributed by atoms with van der Waals surface area (Å²) in [5.41, 5.74) is 7.23. The highest BCUT2D eigenvalue weighted by Gasteiger charge is 2.01. The van der Waals surface area contributed by atoms with Gasteiger partial charge in [0.15, 0.2) is 5.82 Å². The number of hydrogen-bond donors (Lipinski definition) is 2. The molecule has 0 spiro atoms. The van der Waals surface area contributed by atoms with Gasteiger partial charge in [0.05, 0.1) is 10.9 Å². The number of nitrogens with two attached hydrogens (primary N) is 1. The van der Waals surface area contributed by atoms with Crippen LogP contribution in [0.15, 0.2) is 0 Å². The summed E-state index contributed by atoms with van der Waals surface area (Å²) in [4.78, 5) is 0. The maximum absolute atomic E-state index is 5.52. The minimum atomic E-state index is 0.468. The first-order chi connectivity index (χ1) is 5.25. The number of alkyl halides is 1. The highest BCUT2D eigenvalue weighted by Crippen LogP contribution is 2.09. The van der Waals surface area contributed by atoms with Crippen molar-refractivity contribution in [1.29, 1.82) is 0 Å². The van der Waals surface area contributed by atoms with Crippen molar-refractivity contribution >= 4 is 21.7 Å². The number of halogens is 1. The molecule has 0 amide bonds. The van der Waals surface area contributed by atoms with Crippen molar-refractivity contribution in [1.82, 2.24) is 10.2 Å². The Morgan fingerprint density at radius 2 is 2.45 bits per heavy atom. The molecule has 4 heteroatoms. The molecule has 0 atom stereocenters. The lowest BCUT2D eigenvalue weighted by atomic mass is 10.2. The summed E-state index contributed by atoms with van der Waals surface area (Å²) in [6.45, 7) is 1.89. The number of anilines is 1. The molecule has 0 aliphatic rings. The molecule has 1 aromatic rings. The summed E-state index contributed by atoms with van der Waals surface area (Å²) in [7, 11) is 0. The molecule has 58 valence electrons. The Morgan fingerprint density at radius 1 is 1.73 bits per heavy atom. The largest absolute Gasteiger partial charge is 0.381 e. The number of aromatic amines is 1. The highest BCUT2D eigenvalue weighted by molar-refractivity contribution is 9.09. The average molecular weight is 214 g/mol. The van der Waals surface area contributed by atoms with E-state index in [-0.39, 0.29) is 0 Å². The predicted octanol–water partition coefficient (Wildman–Crippen LogP) is 1.05. The van der Waals surface area contributed by atoms with Gasteiger partial charge in [0, 0.05) is 5.69 Å². The van der Waals surface area contributed by atoms with Crippen molar-refractivity contribution in [3.63, 3.8) is 0 Å². The fourth-order valence-electron chi connectivity index (χ4n) is 0.728. The van der Waals surface area contributed by atoms with Gasteiger partial charge in [-0.2, -0.15) is 5.10 Å². The quantitative estimate of drug-likeness (QED) is 0.500. The summed E-state index contributed by atoms with van der Waals surface area (Å²) in [5, 5.41) is 7.21. The number of aromatic nitrogens is 2. The zero-order valence-electron chi connectivity index (χ0n) is 6.11. The second-order valence-electron chi connectivity index (χ2n) is 2.04. The lowest BCUT2D eigenvalue weighted by molar-refractivity contribution is 1.05. The molecule has 1 aromatic heterocycles. The minimum Gasteiger partial charge on any atom is -0.381 e. The van der Waals surface area contributed by atoms with Crippen LogP contribution in [-0.4, -0.2) is 15.5 Å². The van der Waals surface area contributed by atoms with Crippen molar-refractivity contribution in [3.8, 4) is 11.8 Å². The third kappa shape index (κ3) is 1.75. The van der Waals surface area contributed by atoms with Crippen LogP contribution in [0.25, 0.3) is 0 Å². The van der Waals surface area contributed by atoms with E-state index in [4.69, 9.17) is 5.73 Å². The summed E-state index contributed by atoms with van der Waals surface area (Å²) in [6, 6.07) is 0. The van der Waals surface area contributed by atoms with Crippen LogP contribution in [0.2, 0.25) is 0 Å². The van der Waals surface area contributed by atoms with E-state index in [0.29, 0.717) is 11.1 Å². The molecule has 0 aromatic carbocycles. The van der Waals surface area contributed by atoms with Gasteiger partial charge >= 0.3 is 0 Å². The van der Waals surface area contributed by atoms with E-state index in [0.717, 1.165) is 11.3 Å². The fourth-order valence-corrected chi connectivity index (χ4v) is 0.868. The Balaban J connectivity index is 3.01. The van der Waals surface area contributed by atoms with Crippen LogP contribution in [0.4, 0.5) is 5.82 Å². The lowest BCUT2D eigenvalue weighted by Gasteiger charge is -1.85. The monoisotopic (exact) mass is 213 g/mol. The van der Waals surface area contributed by atoms with E-state index in [1.165, 1.54) is 0 Å². The van der Waals surface area contributed by atoms with E-state index in [1.807, 2.05) is 6.92 Å². The van der Waals surface area contributed by atoms with Crippen molar-refractivity contribution in [2.24, 2.45) is 0 Å². The van der Waals surface area contributed by atoms with Crippen molar-refractivity contribution in [2.45, 2.75) is 6.92 Å². The standard InChI is InChI=1S/C7H8BrN3/c1-5-6(3-2-4-8)7(9)11-10-5/h4H2,1H3,(H3,9,10,11). The van der Waals surface area contributed by atoms with E-state index < -0.39 is 0 Å². The molecule has 0 radical (unpaired) electrons. The second-order valence-corrected chi connectivity index (χ2v) is 2.60. The first kappa shape index (κ1) is 8.15. The normalized spacial score (nSPS) is 8.91. The van der Waals surface area contributed by atoms with Crippen LogP contribution in [-0.2, 0) is 0 Å². The van der Waals surface area contributed by atoms with Crippen LogP contribution >= 0.6 is 15.9 Å². The predicted molar refractivity (Wildman–Crippen MR) is 48.4 cm³/mol. The smallest absolute Gasteiger partial charge is 0.161 e.